The zero-order chi connectivity index (χ0) is 45.7. The van der Waals surface area contributed by atoms with Gasteiger partial charge in [0.1, 0.15) is 43.2 Å². The lowest BCUT2D eigenvalue weighted by Gasteiger charge is -2.41. The fraction of sp³-hybridized carbons (Fsp3) is 0.875. The lowest BCUT2D eigenvalue weighted by molar-refractivity contribution is -0.220. The highest BCUT2D eigenvalue weighted by Crippen LogP contribution is 2.47. The molecule has 364 valence electrons. The molecule has 1 rings (SSSR count). The maximum atomic E-state index is 12.8. The van der Waals surface area contributed by atoms with Crippen molar-refractivity contribution in [3.05, 3.63) is 24.3 Å². The number of phosphoric ester groups is 1. The van der Waals surface area contributed by atoms with Crippen LogP contribution in [0, 0.1) is 0 Å². The summed E-state index contributed by atoms with van der Waals surface area (Å²) in [6, 6.07) is 0. The summed E-state index contributed by atoms with van der Waals surface area (Å²) < 4.78 is 33.6. The highest BCUT2D eigenvalue weighted by molar-refractivity contribution is 7.47. The number of ether oxygens (including phenoxy) is 2. The molecule has 1 fully saturated rings. The Morgan fingerprint density at radius 1 is 0.500 bits per heavy atom. The lowest BCUT2D eigenvalue weighted by atomic mass is 9.85. The van der Waals surface area contributed by atoms with Gasteiger partial charge in [-0.15, -0.1) is 0 Å². The molecule has 0 aromatic rings. The van der Waals surface area contributed by atoms with E-state index in [0.29, 0.717) is 12.8 Å². The van der Waals surface area contributed by atoms with Crippen molar-refractivity contribution in [3.8, 4) is 0 Å². The second kappa shape index (κ2) is 38.6. The molecule has 0 saturated heterocycles. The number of unbranched alkanes of at least 4 members (excludes halogenated alkanes) is 25. The number of aliphatic hydroxyl groups is 5. The van der Waals surface area contributed by atoms with Crippen molar-refractivity contribution in [2.24, 2.45) is 0 Å². The van der Waals surface area contributed by atoms with Crippen LogP contribution in [0.3, 0.4) is 0 Å². The molecule has 0 radical (unpaired) electrons. The van der Waals surface area contributed by atoms with Crippen molar-refractivity contribution in [1.82, 2.24) is 0 Å². The highest BCUT2D eigenvalue weighted by atomic mass is 31.2. The Hall–Kier alpha value is -1.67. The van der Waals surface area contributed by atoms with Gasteiger partial charge >= 0.3 is 19.8 Å². The van der Waals surface area contributed by atoms with Crippen LogP contribution in [0.25, 0.3) is 0 Å². The van der Waals surface area contributed by atoms with Gasteiger partial charge in [0, 0.05) is 12.8 Å². The second-order valence-corrected chi connectivity index (χ2v) is 18.7. The van der Waals surface area contributed by atoms with Crippen molar-refractivity contribution in [2.75, 3.05) is 13.2 Å². The Morgan fingerprint density at radius 2 is 0.871 bits per heavy atom. The van der Waals surface area contributed by atoms with Gasteiger partial charge in [0.05, 0.1) is 6.61 Å². The van der Waals surface area contributed by atoms with Crippen molar-refractivity contribution in [1.29, 1.82) is 0 Å². The molecule has 0 aromatic carbocycles. The Bertz CT molecular complexity index is 1180. The van der Waals surface area contributed by atoms with E-state index in [9.17, 15) is 44.6 Å². The summed E-state index contributed by atoms with van der Waals surface area (Å²) in [6.45, 7) is 3.29. The fourth-order valence-corrected chi connectivity index (χ4v) is 8.53. The van der Waals surface area contributed by atoms with Crippen LogP contribution < -0.4 is 0 Å². The summed E-state index contributed by atoms with van der Waals surface area (Å²) in [6.07, 6.45) is 29.4. The largest absolute Gasteiger partial charge is 0.472 e. The van der Waals surface area contributed by atoms with E-state index in [1.54, 1.807) is 0 Å². The van der Waals surface area contributed by atoms with E-state index in [2.05, 4.69) is 38.2 Å². The molecular formula is C48H89O13P. The summed E-state index contributed by atoms with van der Waals surface area (Å²) >= 11 is 0. The van der Waals surface area contributed by atoms with Gasteiger partial charge in [-0.3, -0.25) is 18.6 Å². The first-order valence-electron chi connectivity index (χ1n) is 24.6. The summed E-state index contributed by atoms with van der Waals surface area (Å²) in [7, 11) is -5.12. The molecular weight excluding hydrogens is 815 g/mol. The van der Waals surface area contributed by atoms with Crippen molar-refractivity contribution < 1.29 is 63.1 Å². The predicted molar refractivity (Wildman–Crippen MR) is 244 cm³/mol. The van der Waals surface area contributed by atoms with E-state index < -0.39 is 75.7 Å². The molecule has 13 nitrogen and oxygen atoms in total. The minimum Gasteiger partial charge on any atom is -0.462 e. The average Bonchev–Trinajstić information content (AvgIpc) is 3.25. The third-order valence-corrected chi connectivity index (χ3v) is 12.5. The summed E-state index contributed by atoms with van der Waals surface area (Å²) in [5.41, 5.74) is 0. The predicted octanol–water partition coefficient (Wildman–Crippen LogP) is 10.0. The number of hydrogen-bond acceptors (Lipinski definition) is 12. The van der Waals surface area contributed by atoms with Crippen LogP contribution in [0.15, 0.2) is 24.3 Å². The zero-order valence-corrected chi connectivity index (χ0v) is 39.6. The zero-order valence-electron chi connectivity index (χ0n) is 38.7. The number of hydrogen-bond donors (Lipinski definition) is 6. The van der Waals surface area contributed by atoms with Crippen molar-refractivity contribution in [3.63, 3.8) is 0 Å². The van der Waals surface area contributed by atoms with Gasteiger partial charge in [0.15, 0.2) is 6.10 Å². The Balaban J connectivity index is 2.42. The maximum absolute atomic E-state index is 12.8. The molecule has 1 aliphatic carbocycles. The number of carbonyl (C=O) groups is 2. The molecule has 1 aliphatic rings. The molecule has 62 heavy (non-hydrogen) atoms. The van der Waals surface area contributed by atoms with Crippen LogP contribution in [0.4, 0.5) is 0 Å². The van der Waals surface area contributed by atoms with Gasteiger partial charge in [-0.1, -0.05) is 179 Å². The van der Waals surface area contributed by atoms with Gasteiger partial charge in [-0.05, 0) is 44.9 Å². The van der Waals surface area contributed by atoms with E-state index in [1.165, 1.54) is 116 Å². The molecule has 6 atom stereocenters. The van der Waals surface area contributed by atoms with E-state index in [-0.39, 0.29) is 12.8 Å². The number of esters is 2. The molecule has 0 aromatic heterocycles. The minimum absolute atomic E-state index is 0.0947. The number of aliphatic hydroxyl groups excluding tert-OH is 5. The second-order valence-electron chi connectivity index (χ2n) is 17.3. The summed E-state index contributed by atoms with van der Waals surface area (Å²) in [5.74, 6) is -1.09. The molecule has 0 amide bonds. The number of carbonyl (C=O) groups excluding carboxylic acids is 2. The summed E-state index contributed by atoms with van der Waals surface area (Å²) in [4.78, 5) is 35.8. The van der Waals surface area contributed by atoms with Crippen molar-refractivity contribution in [2.45, 2.75) is 256 Å². The molecule has 14 heteroatoms. The third kappa shape index (κ3) is 30.5. The third-order valence-electron chi connectivity index (χ3n) is 11.5. The smallest absolute Gasteiger partial charge is 0.462 e. The highest BCUT2D eigenvalue weighted by Gasteiger charge is 2.51. The van der Waals surface area contributed by atoms with Crippen LogP contribution >= 0.6 is 7.82 Å². The lowest BCUT2D eigenvalue weighted by Crippen LogP contribution is -2.64. The first-order chi connectivity index (χ1) is 29.9. The van der Waals surface area contributed by atoms with Gasteiger partial charge in [0.2, 0.25) is 0 Å². The monoisotopic (exact) mass is 905 g/mol. The Labute approximate surface area is 375 Å². The molecule has 0 spiro atoms. The van der Waals surface area contributed by atoms with Gasteiger partial charge in [0.25, 0.3) is 0 Å². The molecule has 6 N–H and O–H groups in total. The first kappa shape index (κ1) is 58.3. The van der Waals surface area contributed by atoms with Crippen molar-refractivity contribution >= 4 is 19.8 Å². The van der Waals surface area contributed by atoms with Crippen LogP contribution in [-0.4, -0.2) is 98.3 Å². The van der Waals surface area contributed by atoms with Crippen LogP contribution in [0.5, 0.6) is 0 Å². The molecule has 0 bridgehead atoms. The SMILES string of the molecule is CCCCC/C=C\C/C=C\CCCCCCCCCCCC(=O)OC(COC(=O)CCCCCCCCCCCCCCCC)COP(=O)(O)OC1C(O)C(O)C(O)C(O)C1O. The van der Waals surface area contributed by atoms with Crippen LogP contribution in [0.1, 0.15) is 213 Å². The fourth-order valence-electron chi connectivity index (χ4n) is 7.55. The minimum atomic E-state index is -5.12. The summed E-state index contributed by atoms with van der Waals surface area (Å²) in [5, 5.41) is 50.2. The van der Waals surface area contributed by atoms with Gasteiger partial charge < -0.3 is 39.9 Å². The normalized spacial score (nSPS) is 22.0. The first-order valence-corrected chi connectivity index (χ1v) is 26.1. The van der Waals surface area contributed by atoms with Gasteiger partial charge in [-0.25, -0.2) is 4.57 Å². The topological polar surface area (TPSA) is 210 Å². The number of phosphoric acid groups is 1. The van der Waals surface area contributed by atoms with Crippen LogP contribution in [-0.2, 0) is 32.7 Å². The molecule has 0 aliphatic heterocycles. The van der Waals surface area contributed by atoms with Crippen LogP contribution in [0.2, 0.25) is 0 Å². The van der Waals surface area contributed by atoms with E-state index in [0.717, 1.165) is 57.8 Å². The number of rotatable bonds is 41. The standard InChI is InChI=1S/C48H89O13P/c1-3-5-7-9-11-13-15-17-19-20-21-22-23-25-27-29-31-33-35-37-42(50)60-40(39-59-62(56,57)61-48-46(54)44(52)43(51)45(53)47(48)55)38-58-41(49)36-34-32-30-28-26-24-18-16-14-12-10-8-6-4-2/h11,13,17,19,40,43-48,51-55H,3-10,12,14-16,18,20-39H2,1-2H3,(H,56,57)/b13-11-,19-17-. The maximum Gasteiger partial charge on any atom is 0.472 e. The molecule has 0 heterocycles. The van der Waals surface area contributed by atoms with E-state index in [4.69, 9.17) is 18.5 Å². The Morgan fingerprint density at radius 3 is 1.34 bits per heavy atom. The molecule has 1 saturated carbocycles. The Kier molecular flexibility index (Phi) is 36.3. The average molecular weight is 905 g/mol. The quantitative estimate of drug-likeness (QED) is 0.0146. The van der Waals surface area contributed by atoms with E-state index >= 15 is 0 Å². The molecule has 6 unspecified atom stereocenters. The van der Waals surface area contributed by atoms with Gasteiger partial charge in [-0.2, -0.15) is 0 Å². The number of allylic oxidation sites excluding steroid dienone is 4. The van der Waals surface area contributed by atoms with E-state index in [1.807, 2.05) is 0 Å².